The lowest BCUT2D eigenvalue weighted by molar-refractivity contribution is 0.102. The number of carbonyl (C=O) groups excluding carboxylic acids is 1. The third-order valence-corrected chi connectivity index (χ3v) is 3.71. The van der Waals surface area contributed by atoms with Crippen molar-refractivity contribution in [3.05, 3.63) is 58.0 Å². The van der Waals surface area contributed by atoms with Gasteiger partial charge in [0.1, 0.15) is 5.69 Å². The van der Waals surface area contributed by atoms with Gasteiger partial charge < -0.3 is 4.98 Å². The average molecular weight is 285 g/mol. The summed E-state index contributed by atoms with van der Waals surface area (Å²) >= 11 is 1.40. The van der Waals surface area contributed by atoms with Crippen LogP contribution >= 0.6 is 11.3 Å². The molecule has 1 aromatic carbocycles. The highest BCUT2D eigenvalue weighted by Gasteiger charge is 2.10. The van der Waals surface area contributed by atoms with E-state index in [4.69, 9.17) is 0 Å². The summed E-state index contributed by atoms with van der Waals surface area (Å²) in [6.07, 6.45) is 0. The summed E-state index contributed by atoms with van der Waals surface area (Å²) < 4.78 is 1.02. The van der Waals surface area contributed by atoms with E-state index in [1.807, 2.05) is 25.1 Å². The molecule has 0 aliphatic rings. The van der Waals surface area contributed by atoms with Crippen molar-refractivity contribution in [3.63, 3.8) is 0 Å². The first kappa shape index (κ1) is 12.6. The number of rotatable bonds is 2. The summed E-state index contributed by atoms with van der Waals surface area (Å²) in [6, 6.07) is 10.4. The van der Waals surface area contributed by atoms with E-state index in [1.165, 1.54) is 23.5 Å². The van der Waals surface area contributed by atoms with Crippen LogP contribution in [0.4, 0.5) is 5.13 Å². The largest absolute Gasteiger partial charge is 0.318 e. The van der Waals surface area contributed by atoms with Crippen molar-refractivity contribution >= 4 is 32.6 Å². The number of aromatic amines is 1. The molecule has 2 aromatic heterocycles. The minimum atomic E-state index is -0.376. The predicted molar refractivity (Wildman–Crippen MR) is 79.4 cm³/mol. The van der Waals surface area contributed by atoms with Crippen molar-refractivity contribution in [2.45, 2.75) is 6.92 Å². The lowest BCUT2D eigenvalue weighted by Gasteiger charge is -2.00. The maximum Gasteiger partial charge on any atom is 0.273 e. The van der Waals surface area contributed by atoms with Crippen LogP contribution in [0.2, 0.25) is 0 Å². The molecular weight excluding hydrogens is 274 g/mol. The molecular formula is C14H11N3O2S. The van der Waals surface area contributed by atoms with Gasteiger partial charge in [0, 0.05) is 6.07 Å². The molecule has 0 fully saturated rings. The Morgan fingerprint density at radius 1 is 1.30 bits per heavy atom. The second-order valence-electron chi connectivity index (χ2n) is 4.37. The molecule has 0 radical (unpaired) electrons. The highest BCUT2D eigenvalue weighted by molar-refractivity contribution is 7.22. The van der Waals surface area contributed by atoms with Gasteiger partial charge in [-0.05, 0) is 30.7 Å². The Bertz CT molecular complexity index is 851. The molecule has 0 saturated heterocycles. The van der Waals surface area contributed by atoms with Gasteiger partial charge in [-0.3, -0.25) is 14.9 Å². The number of anilines is 1. The van der Waals surface area contributed by atoms with Gasteiger partial charge in [-0.2, -0.15) is 0 Å². The number of hydrogen-bond donors (Lipinski definition) is 2. The van der Waals surface area contributed by atoms with Crippen LogP contribution in [0.1, 0.15) is 16.1 Å². The van der Waals surface area contributed by atoms with Crippen molar-refractivity contribution < 1.29 is 4.79 Å². The zero-order valence-corrected chi connectivity index (χ0v) is 11.5. The summed E-state index contributed by atoms with van der Waals surface area (Å²) in [6.45, 7) is 2.01. The topological polar surface area (TPSA) is 74.8 Å². The molecule has 3 aromatic rings. The quantitative estimate of drug-likeness (QED) is 0.759. The zero-order valence-electron chi connectivity index (χ0n) is 10.6. The minimum Gasteiger partial charge on any atom is -0.318 e. The smallest absolute Gasteiger partial charge is 0.273 e. The van der Waals surface area contributed by atoms with Crippen molar-refractivity contribution in [3.8, 4) is 0 Å². The maximum absolute atomic E-state index is 12.0. The Labute approximate surface area is 118 Å². The number of benzene rings is 1. The van der Waals surface area contributed by atoms with Crippen LogP contribution in [0.15, 0.2) is 41.2 Å². The van der Waals surface area contributed by atoms with E-state index < -0.39 is 0 Å². The third-order valence-electron chi connectivity index (χ3n) is 2.78. The monoisotopic (exact) mass is 285 g/mol. The highest BCUT2D eigenvalue weighted by atomic mass is 32.1. The first-order chi connectivity index (χ1) is 9.61. The van der Waals surface area contributed by atoms with Gasteiger partial charge in [0.05, 0.1) is 10.2 Å². The number of nitrogens with zero attached hydrogens (tertiary/aromatic N) is 1. The molecule has 5 nitrogen and oxygen atoms in total. The van der Waals surface area contributed by atoms with Gasteiger partial charge in [0.25, 0.3) is 5.91 Å². The Balaban J connectivity index is 1.89. The van der Waals surface area contributed by atoms with Crippen LogP contribution < -0.4 is 10.9 Å². The van der Waals surface area contributed by atoms with E-state index >= 15 is 0 Å². The number of nitrogens with one attached hydrogen (secondary N) is 2. The van der Waals surface area contributed by atoms with Crippen LogP contribution in [0, 0.1) is 6.92 Å². The van der Waals surface area contributed by atoms with Crippen LogP contribution in [0.3, 0.4) is 0 Å². The Morgan fingerprint density at radius 3 is 2.95 bits per heavy atom. The first-order valence-electron chi connectivity index (χ1n) is 6.00. The van der Waals surface area contributed by atoms with Gasteiger partial charge in [-0.15, -0.1) is 0 Å². The number of pyridine rings is 1. The molecule has 2 N–H and O–H groups in total. The summed E-state index contributed by atoms with van der Waals surface area (Å²) in [5.41, 5.74) is 1.90. The number of thiazole rings is 1. The molecule has 2 heterocycles. The SMILES string of the molecule is Cc1ccc2nc(NC(=O)c3cccc(=O)[nH]3)sc2c1. The highest BCUT2D eigenvalue weighted by Crippen LogP contribution is 2.26. The van der Waals surface area contributed by atoms with Crippen LogP contribution in [0.25, 0.3) is 10.2 Å². The molecule has 20 heavy (non-hydrogen) atoms. The number of fused-ring (bicyclic) bond motifs is 1. The number of aromatic nitrogens is 2. The van der Waals surface area contributed by atoms with E-state index in [0.717, 1.165) is 15.8 Å². The average Bonchev–Trinajstić information content (AvgIpc) is 2.80. The van der Waals surface area contributed by atoms with Crippen molar-refractivity contribution in [2.75, 3.05) is 5.32 Å². The van der Waals surface area contributed by atoms with Crippen LogP contribution in [-0.4, -0.2) is 15.9 Å². The number of aryl methyl sites for hydroxylation is 1. The summed E-state index contributed by atoms with van der Waals surface area (Å²) in [4.78, 5) is 30.0. The van der Waals surface area contributed by atoms with Gasteiger partial charge in [-0.25, -0.2) is 4.98 Å². The lowest BCUT2D eigenvalue weighted by atomic mass is 10.2. The van der Waals surface area contributed by atoms with Crippen molar-refractivity contribution in [1.82, 2.24) is 9.97 Å². The van der Waals surface area contributed by atoms with Gasteiger partial charge >= 0.3 is 0 Å². The van der Waals surface area contributed by atoms with Crippen LogP contribution in [0.5, 0.6) is 0 Å². The van der Waals surface area contributed by atoms with Gasteiger partial charge in [-0.1, -0.05) is 23.5 Å². The molecule has 0 atom stereocenters. The Morgan fingerprint density at radius 2 is 2.15 bits per heavy atom. The van der Waals surface area contributed by atoms with E-state index in [9.17, 15) is 9.59 Å². The van der Waals surface area contributed by atoms with E-state index in [0.29, 0.717) is 5.13 Å². The predicted octanol–water partition coefficient (Wildman–Crippen LogP) is 2.55. The molecule has 0 aliphatic carbocycles. The molecule has 0 saturated carbocycles. The zero-order chi connectivity index (χ0) is 14.1. The third kappa shape index (κ3) is 2.46. The summed E-state index contributed by atoms with van der Waals surface area (Å²) in [5, 5.41) is 3.21. The molecule has 0 bridgehead atoms. The van der Waals surface area contributed by atoms with E-state index in [-0.39, 0.29) is 17.2 Å². The summed E-state index contributed by atoms with van der Waals surface area (Å²) in [7, 11) is 0. The second kappa shape index (κ2) is 4.90. The molecule has 0 unspecified atom stereocenters. The molecule has 0 spiro atoms. The number of amides is 1. The lowest BCUT2D eigenvalue weighted by Crippen LogP contribution is -2.17. The van der Waals surface area contributed by atoms with E-state index in [2.05, 4.69) is 15.3 Å². The van der Waals surface area contributed by atoms with Crippen molar-refractivity contribution in [1.29, 1.82) is 0 Å². The fourth-order valence-electron chi connectivity index (χ4n) is 1.83. The normalized spacial score (nSPS) is 10.7. The summed E-state index contributed by atoms with van der Waals surface area (Å²) in [5.74, 6) is -0.376. The van der Waals surface area contributed by atoms with Gasteiger partial charge in [0.15, 0.2) is 5.13 Å². The second-order valence-corrected chi connectivity index (χ2v) is 5.40. The van der Waals surface area contributed by atoms with Crippen molar-refractivity contribution in [2.24, 2.45) is 0 Å². The minimum absolute atomic E-state index is 0.216. The van der Waals surface area contributed by atoms with Gasteiger partial charge in [0.2, 0.25) is 5.56 Å². The Kier molecular flexibility index (Phi) is 3.08. The van der Waals surface area contributed by atoms with Crippen LogP contribution in [-0.2, 0) is 0 Å². The molecule has 1 amide bonds. The maximum atomic E-state index is 12.0. The molecule has 0 aliphatic heterocycles. The van der Waals surface area contributed by atoms with E-state index in [1.54, 1.807) is 6.07 Å². The standard InChI is InChI=1S/C14H11N3O2S/c1-8-5-6-9-11(7-8)20-14(16-9)17-13(19)10-3-2-4-12(18)15-10/h2-7H,1H3,(H,15,18)(H,16,17,19). The number of H-pyrrole nitrogens is 1. The Hall–Kier alpha value is -2.47. The molecule has 6 heteroatoms. The molecule has 3 rings (SSSR count). The fourth-order valence-corrected chi connectivity index (χ4v) is 2.79. The first-order valence-corrected chi connectivity index (χ1v) is 6.81. The molecule has 100 valence electrons. The number of carbonyl (C=O) groups is 1. The fraction of sp³-hybridized carbons (Fsp3) is 0.0714. The number of hydrogen-bond acceptors (Lipinski definition) is 4.